The number of halogens is 1. The van der Waals surface area contributed by atoms with Gasteiger partial charge in [0.1, 0.15) is 11.6 Å². The summed E-state index contributed by atoms with van der Waals surface area (Å²) < 4.78 is 18.6. The third-order valence-corrected chi connectivity index (χ3v) is 4.49. The average Bonchev–Trinajstić information content (AvgIpc) is 2.67. The van der Waals surface area contributed by atoms with Gasteiger partial charge in [-0.3, -0.25) is 4.79 Å². The monoisotopic (exact) mass is 343 g/mol. The second-order valence-electron chi connectivity index (χ2n) is 6.38. The molecule has 25 heavy (non-hydrogen) atoms. The molecule has 2 aromatic rings. The predicted molar refractivity (Wildman–Crippen MR) is 92.9 cm³/mol. The summed E-state index contributed by atoms with van der Waals surface area (Å²) in [5.41, 5.74) is 1.43. The van der Waals surface area contributed by atoms with Gasteiger partial charge in [-0.1, -0.05) is 12.1 Å². The van der Waals surface area contributed by atoms with Crippen molar-refractivity contribution in [3.63, 3.8) is 0 Å². The highest BCUT2D eigenvalue weighted by atomic mass is 19.1. The van der Waals surface area contributed by atoms with Gasteiger partial charge in [0.25, 0.3) is 5.91 Å². The molecule has 0 unspecified atom stereocenters. The van der Waals surface area contributed by atoms with E-state index in [0.29, 0.717) is 24.5 Å². The van der Waals surface area contributed by atoms with Crippen LogP contribution < -0.4 is 4.74 Å². The third-order valence-electron chi connectivity index (χ3n) is 4.49. The summed E-state index contributed by atoms with van der Waals surface area (Å²) in [5, 5.41) is 9.09. The Morgan fingerprint density at radius 2 is 1.88 bits per heavy atom. The average molecular weight is 343 g/mol. The Hall–Kier alpha value is -2.40. The molecule has 1 saturated heterocycles. The number of aliphatic hydroxyl groups is 1. The van der Waals surface area contributed by atoms with E-state index in [1.54, 1.807) is 36.4 Å². The summed E-state index contributed by atoms with van der Waals surface area (Å²) in [6.07, 6.45) is 1.95. The Bertz CT molecular complexity index is 700. The molecule has 0 aromatic heterocycles. The van der Waals surface area contributed by atoms with Crippen molar-refractivity contribution in [2.75, 3.05) is 19.7 Å². The summed E-state index contributed by atoms with van der Waals surface area (Å²) in [6.45, 7) is 1.88. The van der Waals surface area contributed by atoms with Crippen molar-refractivity contribution in [1.82, 2.24) is 4.90 Å². The lowest BCUT2D eigenvalue weighted by Crippen LogP contribution is -2.41. The Morgan fingerprint density at radius 3 is 2.56 bits per heavy atom. The first kappa shape index (κ1) is 17.4. The molecule has 0 saturated carbocycles. The smallest absolute Gasteiger partial charge is 0.253 e. The molecule has 1 amide bonds. The maximum atomic E-state index is 12.9. The van der Waals surface area contributed by atoms with Crippen LogP contribution in [0.25, 0.3) is 0 Å². The number of amides is 1. The molecule has 0 bridgehead atoms. The number of aliphatic hydroxyl groups excluding tert-OH is 1. The van der Waals surface area contributed by atoms with Crippen molar-refractivity contribution >= 4 is 5.91 Å². The topological polar surface area (TPSA) is 49.8 Å². The van der Waals surface area contributed by atoms with Gasteiger partial charge in [0, 0.05) is 24.6 Å². The van der Waals surface area contributed by atoms with Crippen LogP contribution in [0.3, 0.4) is 0 Å². The largest absolute Gasteiger partial charge is 0.493 e. The second-order valence-corrected chi connectivity index (χ2v) is 6.38. The van der Waals surface area contributed by atoms with Crippen LogP contribution in [0.15, 0.2) is 48.5 Å². The molecule has 5 heteroatoms. The van der Waals surface area contributed by atoms with Crippen molar-refractivity contribution in [3.8, 4) is 5.75 Å². The SMILES string of the molecule is O=C(c1ccc(CO)cc1)N1CCC[C@@H](COc2ccc(F)cc2)C1. The van der Waals surface area contributed by atoms with Gasteiger partial charge in [-0.2, -0.15) is 0 Å². The third kappa shape index (κ3) is 4.57. The quantitative estimate of drug-likeness (QED) is 0.907. The summed E-state index contributed by atoms with van der Waals surface area (Å²) in [5.74, 6) is 0.633. The Labute approximate surface area is 146 Å². The van der Waals surface area contributed by atoms with E-state index in [-0.39, 0.29) is 24.2 Å². The number of likely N-dealkylation sites (tertiary alicyclic amines) is 1. The molecule has 1 N–H and O–H groups in total. The van der Waals surface area contributed by atoms with Gasteiger partial charge in [-0.25, -0.2) is 4.39 Å². The molecule has 4 nitrogen and oxygen atoms in total. The van der Waals surface area contributed by atoms with E-state index in [0.717, 1.165) is 24.9 Å². The molecular weight excluding hydrogens is 321 g/mol. The number of ether oxygens (including phenoxy) is 1. The van der Waals surface area contributed by atoms with E-state index in [1.807, 2.05) is 4.90 Å². The lowest BCUT2D eigenvalue weighted by atomic mass is 9.98. The van der Waals surface area contributed by atoms with E-state index in [1.165, 1.54) is 12.1 Å². The molecule has 0 aliphatic carbocycles. The van der Waals surface area contributed by atoms with Crippen LogP contribution in [0.4, 0.5) is 4.39 Å². The number of hydrogen-bond acceptors (Lipinski definition) is 3. The molecule has 1 heterocycles. The number of hydrogen-bond donors (Lipinski definition) is 1. The van der Waals surface area contributed by atoms with Gasteiger partial charge in [0.2, 0.25) is 0 Å². The first-order valence-corrected chi connectivity index (χ1v) is 8.53. The maximum absolute atomic E-state index is 12.9. The normalized spacial score (nSPS) is 17.4. The van der Waals surface area contributed by atoms with Gasteiger partial charge in [0.05, 0.1) is 13.2 Å². The molecule has 1 atom stereocenters. The van der Waals surface area contributed by atoms with Crippen LogP contribution in [-0.2, 0) is 6.61 Å². The van der Waals surface area contributed by atoms with E-state index in [4.69, 9.17) is 9.84 Å². The van der Waals surface area contributed by atoms with E-state index in [9.17, 15) is 9.18 Å². The Balaban J connectivity index is 1.56. The van der Waals surface area contributed by atoms with Crippen molar-refractivity contribution in [3.05, 3.63) is 65.5 Å². The zero-order chi connectivity index (χ0) is 17.6. The summed E-state index contributed by atoms with van der Waals surface area (Å²) in [7, 11) is 0. The molecule has 0 spiro atoms. The number of carbonyl (C=O) groups excluding carboxylic acids is 1. The fourth-order valence-electron chi connectivity index (χ4n) is 3.07. The summed E-state index contributed by atoms with van der Waals surface area (Å²) >= 11 is 0. The van der Waals surface area contributed by atoms with Crippen molar-refractivity contribution in [2.24, 2.45) is 5.92 Å². The maximum Gasteiger partial charge on any atom is 0.253 e. The number of piperidine rings is 1. The highest BCUT2D eigenvalue weighted by molar-refractivity contribution is 5.94. The molecular formula is C20H22FNO3. The minimum atomic E-state index is -0.283. The Morgan fingerprint density at radius 1 is 1.16 bits per heavy atom. The molecule has 0 radical (unpaired) electrons. The Kier molecular flexibility index (Phi) is 5.66. The fourth-order valence-corrected chi connectivity index (χ4v) is 3.07. The summed E-state index contributed by atoms with van der Waals surface area (Å²) in [4.78, 5) is 14.5. The van der Waals surface area contributed by atoms with Crippen LogP contribution in [0.5, 0.6) is 5.75 Å². The van der Waals surface area contributed by atoms with E-state index in [2.05, 4.69) is 0 Å². The van der Waals surface area contributed by atoms with Crippen molar-refractivity contribution in [1.29, 1.82) is 0 Å². The molecule has 1 fully saturated rings. The minimum absolute atomic E-state index is 0.0102. The second kappa shape index (κ2) is 8.12. The highest BCUT2D eigenvalue weighted by Gasteiger charge is 2.25. The van der Waals surface area contributed by atoms with Crippen molar-refractivity contribution < 1.29 is 19.0 Å². The predicted octanol–water partition coefficient (Wildman–Crippen LogP) is 3.25. The number of benzene rings is 2. The zero-order valence-corrected chi connectivity index (χ0v) is 14.0. The zero-order valence-electron chi connectivity index (χ0n) is 14.0. The fraction of sp³-hybridized carbons (Fsp3) is 0.350. The van der Waals surface area contributed by atoms with Gasteiger partial charge < -0.3 is 14.7 Å². The highest BCUT2D eigenvalue weighted by Crippen LogP contribution is 2.21. The summed E-state index contributed by atoms with van der Waals surface area (Å²) in [6, 6.07) is 13.0. The molecule has 1 aliphatic rings. The standard InChI is InChI=1S/C20H22FNO3/c21-18-7-9-19(10-8-18)25-14-16-2-1-11-22(12-16)20(24)17-5-3-15(13-23)4-6-17/h3-10,16,23H,1-2,11-14H2/t16-/m1/s1. The van der Waals surface area contributed by atoms with Crippen molar-refractivity contribution in [2.45, 2.75) is 19.4 Å². The molecule has 2 aromatic carbocycles. The first-order chi connectivity index (χ1) is 12.2. The molecule has 3 rings (SSSR count). The van der Waals surface area contributed by atoms with Crippen LogP contribution >= 0.6 is 0 Å². The van der Waals surface area contributed by atoms with E-state index < -0.39 is 0 Å². The van der Waals surface area contributed by atoms with Gasteiger partial charge >= 0.3 is 0 Å². The van der Waals surface area contributed by atoms with Gasteiger partial charge in [0.15, 0.2) is 0 Å². The lowest BCUT2D eigenvalue weighted by molar-refractivity contribution is 0.0633. The number of nitrogens with zero attached hydrogens (tertiary/aromatic N) is 1. The number of carbonyl (C=O) groups is 1. The van der Waals surface area contributed by atoms with Crippen LogP contribution in [-0.4, -0.2) is 35.6 Å². The van der Waals surface area contributed by atoms with Crippen LogP contribution in [0.1, 0.15) is 28.8 Å². The van der Waals surface area contributed by atoms with E-state index >= 15 is 0 Å². The molecule has 1 aliphatic heterocycles. The minimum Gasteiger partial charge on any atom is -0.493 e. The van der Waals surface area contributed by atoms with Crippen LogP contribution in [0, 0.1) is 11.7 Å². The molecule has 132 valence electrons. The number of rotatable bonds is 5. The first-order valence-electron chi connectivity index (χ1n) is 8.53. The van der Waals surface area contributed by atoms with Gasteiger partial charge in [-0.15, -0.1) is 0 Å². The lowest BCUT2D eigenvalue weighted by Gasteiger charge is -2.32. The van der Waals surface area contributed by atoms with Gasteiger partial charge in [-0.05, 0) is 54.8 Å². The van der Waals surface area contributed by atoms with Crippen LogP contribution in [0.2, 0.25) is 0 Å².